The molecule has 23 heavy (non-hydrogen) atoms. The van der Waals surface area contributed by atoms with E-state index in [2.05, 4.69) is 9.97 Å². The molecule has 0 radical (unpaired) electrons. The van der Waals surface area contributed by atoms with Crippen molar-refractivity contribution in [3.05, 3.63) is 41.7 Å². The number of carbonyl (C=O) groups is 1. The maximum Gasteiger partial charge on any atom is 0.310 e. The van der Waals surface area contributed by atoms with Crippen LogP contribution in [-0.2, 0) is 22.4 Å². The highest BCUT2D eigenvalue weighted by Gasteiger charge is 2.10. The summed E-state index contributed by atoms with van der Waals surface area (Å²) in [5.74, 6) is -0.165. The van der Waals surface area contributed by atoms with Gasteiger partial charge in [0.05, 0.1) is 25.2 Å². The third kappa shape index (κ3) is 4.84. The summed E-state index contributed by atoms with van der Waals surface area (Å²) in [6, 6.07) is 7.06. The Kier molecular flexibility index (Phi) is 5.74. The molecule has 0 saturated carbocycles. The minimum atomic E-state index is -0.267. The molecule has 0 bridgehead atoms. The van der Waals surface area contributed by atoms with Gasteiger partial charge in [0.1, 0.15) is 12.1 Å². The molecule has 0 unspecified atom stereocenters. The highest BCUT2D eigenvalue weighted by atomic mass is 16.5. The molecular formula is C16H18N2O5. The number of rotatable bonds is 7. The van der Waals surface area contributed by atoms with Crippen LogP contribution >= 0.6 is 0 Å². The molecule has 7 nitrogen and oxygen atoms in total. The van der Waals surface area contributed by atoms with Gasteiger partial charge in [0.15, 0.2) is 0 Å². The molecule has 2 rings (SSSR count). The average molecular weight is 318 g/mol. The van der Waals surface area contributed by atoms with E-state index in [1.165, 1.54) is 0 Å². The second-order valence-corrected chi connectivity index (χ2v) is 4.72. The Labute approximate surface area is 133 Å². The number of aromatic nitrogens is 2. The Morgan fingerprint density at radius 1 is 1.13 bits per heavy atom. The molecule has 2 N–H and O–H groups in total. The zero-order valence-corrected chi connectivity index (χ0v) is 12.7. The molecule has 0 fully saturated rings. The van der Waals surface area contributed by atoms with Crippen LogP contribution in [0, 0.1) is 0 Å². The molecule has 0 amide bonds. The molecule has 0 aliphatic rings. The van der Waals surface area contributed by atoms with E-state index in [1.54, 1.807) is 31.2 Å². The van der Waals surface area contributed by atoms with Gasteiger partial charge in [-0.05, 0) is 24.6 Å². The molecule has 122 valence electrons. The lowest BCUT2D eigenvalue weighted by Gasteiger charge is -2.08. The van der Waals surface area contributed by atoms with Crippen molar-refractivity contribution in [2.45, 2.75) is 19.8 Å². The molecule has 2 aromatic rings. The van der Waals surface area contributed by atoms with Gasteiger partial charge in [0.25, 0.3) is 0 Å². The third-order valence-electron chi connectivity index (χ3n) is 3.10. The number of benzene rings is 1. The number of esters is 1. The first-order valence-electron chi connectivity index (χ1n) is 7.19. The predicted octanol–water partition coefficient (Wildman–Crippen LogP) is 1.61. The molecule has 0 spiro atoms. The van der Waals surface area contributed by atoms with Crippen molar-refractivity contribution >= 4 is 5.97 Å². The lowest BCUT2D eigenvalue weighted by molar-refractivity contribution is -0.142. The summed E-state index contributed by atoms with van der Waals surface area (Å²) in [5.41, 5.74) is 1.08. The van der Waals surface area contributed by atoms with Crippen LogP contribution in [-0.4, -0.2) is 39.4 Å². The maximum absolute atomic E-state index is 11.4. The Morgan fingerprint density at radius 2 is 1.78 bits per heavy atom. The van der Waals surface area contributed by atoms with E-state index in [0.29, 0.717) is 12.4 Å². The van der Waals surface area contributed by atoms with Gasteiger partial charge in [-0.1, -0.05) is 12.1 Å². The highest BCUT2D eigenvalue weighted by Crippen LogP contribution is 2.22. The minimum Gasteiger partial charge on any atom is -0.493 e. The average Bonchev–Trinajstić information content (AvgIpc) is 2.52. The Balaban J connectivity index is 1.86. The van der Waals surface area contributed by atoms with E-state index in [9.17, 15) is 15.0 Å². The number of nitrogens with zero attached hydrogens (tertiary/aromatic N) is 2. The van der Waals surface area contributed by atoms with E-state index in [1.807, 2.05) is 0 Å². The van der Waals surface area contributed by atoms with Crippen molar-refractivity contribution in [2.75, 3.05) is 13.2 Å². The number of carbonyl (C=O) groups excluding carboxylic acids is 1. The lowest BCUT2D eigenvalue weighted by Crippen LogP contribution is -2.07. The highest BCUT2D eigenvalue weighted by molar-refractivity contribution is 5.72. The fourth-order valence-electron chi connectivity index (χ4n) is 1.97. The Morgan fingerprint density at radius 3 is 2.39 bits per heavy atom. The van der Waals surface area contributed by atoms with E-state index < -0.39 is 0 Å². The number of hydrogen-bond acceptors (Lipinski definition) is 7. The standard InChI is InChI=1S/C16H18N2O5/c1-2-22-14(19)9-11-3-5-12(6-4-11)23-8-7-13-15(20)17-10-18-16(13)21/h3-6,10H,2,7-9H2,1H3,(H2,17,18,20,21). The van der Waals surface area contributed by atoms with E-state index in [-0.39, 0.29) is 42.7 Å². The Hall–Kier alpha value is -2.83. The van der Waals surface area contributed by atoms with Crippen LogP contribution in [0.4, 0.5) is 0 Å². The molecule has 0 aliphatic heterocycles. The first kappa shape index (κ1) is 16.5. The topological polar surface area (TPSA) is 102 Å². The molecule has 0 atom stereocenters. The normalized spacial score (nSPS) is 10.3. The molecule has 1 aromatic heterocycles. The summed E-state index contributed by atoms with van der Waals surface area (Å²) in [7, 11) is 0. The van der Waals surface area contributed by atoms with Crippen LogP contribution < -0.4 is 4.74 Å². The van der Waals surface area contributed by atoms with Gasteiger partial charge in [-0.3, -0.25) is 4.79 Å². The van der Waals surface area contributed by atoms with Gasteiger partial charge < -0.3 is 19.7 Å². The van der Waals surface area contributed by atoms with Gasteiger partial charge in [-0.15, -0.1) is 0 Å². The van der Waals surface area contributed by atoms with Crippen molar-refractivity contribution in [3.8, 4) is 17.5 Å². The Bertz CT molecular complexity index is 638. The molecule has 0 aliphatic carbocycles. The summed E-state index contributed by atoms with van der Waals surface area (Å²) in [5, 5.41) is 19.1. The fraction of sp³-hybridized carbons (Fsp3) is 0.312. The van der Waals surface area contributed by atoms with Gasteiger partial charge in [0.2, 0.25) is 11.8 Å². The van der Waals surface area contributed by atoms with Crippen molar-refractivity contribution in [2.24, 2.45) is 0 Å². The lowest BCUT2D eigenvalue weighted by atomic mass is 10.1. The van der Waals surface area contributed by atoms with Crippen LogP contribution in [0.1, 0.15) is 18.1 Å². The third-order valence-corrected chi connectivity index (χ3v) is 3.10. The van der Waals surface area contributed by atoms with E-state index in [4.69, 9.17) is 9.47 Å². The zero-order chi connectivity index (χ0) is 16.7. The summed E-state index contributed by atoms with van der Waals surface area (Å²) < 4.78 is 10.4. The fourth-order valence-corrected chi connectivity index (χ4v) is 1.97. The van der Waals surface area contributed by atoms with Crippen LogP contribution in [0.2, 0.25) is 0 Å². The molecule has 0 saturated heterocycles. The van der Waals surface area contributed by atoms with Crippen LogP contribution in [0.25, 0.3) is 0 Å². The predicted molar refractivity (Wildman–Crippen MR) is 81.3 cm³/mol. The number of aromatic hydroxyl groups is 2. The second-order valence-electron chi connectivity index (χ2n) is 4.72. The smallest absolute Gasteiger partial charge is 0.310 e. The van der Waals surface area contributed by atoms with Crippen LogP contribution in [0.5, 0.6) is 17.5 Å². The number of ether oxygens (including phenoxy) is 2. The summed E-state index contributed by atoms with van der Waals surface area (Å²) >= 11 is 0. The van der Waals surface area contributed by atoms with Gasteiger partial charge >= 0.3 is 5.97 Å². The van der Waals surface area contributed by atoms with Crippen molar-refractivity contribution in [3.63, 3.8) is 0 Å². The van der Waals surface area contributed by atoms with Gasteiger partial charge in [-0.25, -0.2) is 9.97 Å². The first-order chi connectivity index (χ1) is 11.1. The van der Waals surface area contributed by atoms with E-state index in [0.717, 1.165) is 11.9 Å². The largest absolute Gasteiger partial charge is 0.493 e. The van der Waals surface area contributed by atoms with Crippen LogP contribution in [0.3, 0.4) is 0 Å². The SMILES string of the molecule is CCOC(=O)Cc1ccc(OCCc2c(O)ncnc2O)cc1. The van der Waals surface area contributed by atoms with Crippen LogP contribution in [0.15, 0.2) is 30.6 Å². The molecule has 7 heteroatoms. The van der Waals surface area contributed by atoms with Crippen molar-refractivity contribution < 1.29 is 24.5 Å². The van der Waals surface area contributed by atoms with E-state index >= 15 is 0 Å². The quantitative estimate of drug-likeness (QED) is 0.748. The minimum absolute atomic E-state index is 0.219. The van der Waals surface area contributed by atoms with Gasteiger partial charge in [0, 0.05) is 6.42 Å². The molecule has 1 aromatic carbocycles. The van der Waals surface area contributed by atoms with Crippen molar-refractivity contribution in [1.29, 1.82) is 0 Å². The number of hydrogen-bond donors (Lipinski definition) is 2. The summed E-state index contributed by atoms with van der Waals surface area (Å²) in [6.45, 7) is 2.37. The van der Waals surface area contributed by atoms with Gasteiger partial charge in [-0.2, -0.15) is 0 Å². The second kappa shape index (κ2) is 7.98. The van der Waals surface area contributed by atoms with Crippen molar-refractivity contribution in [1.82, 2.24) is 9.97 Å². The molecule has 1 heterocycles. The first-order valence-corrected chi connectivity index (χ1v) is 7.19. The monoisotopic (exact) mass is 318 g/mol. The maximum atomic E-state index is 11.4. The summed E-state index contributed by atoms with van der Waals surface area (Å²) in [4.78, 5) is 18.6. The summed E-state index contributed by atoms with van der Waals surface area (Å²) in [6.07, 6.45) is 1.57. The zero-order valence-electron chi connectivity index (χ0n) is 12.7. The molecular weight excluding hydrogens is 300 g/mol.